The van der Waals surface area contributed by atoms with E-state index in [0.717, 1.165) is 19.4 Å². The fourth-order valence-electron chi connectivity index (χ4n) is 1.72. The van der Waals surface area contributed by atoms with Crippen LogP contribution < -0.4 is 0 Å². The molecule has 0 bridgehead atoms. The first-order chi connectivity index (χ1) is 7.27. The molecular formula is C10H16N2O2S. The van der Waals surface area contributed by atoms with E-state index in [1.165, 1.54) is 11.8 Å². The van der Waals surface area contributed by atoms with Gasteiger partial charge in [0.1, 0.15) is 0 Å². The third kappa shape index (κ3) is 4.10. The van der Waals surface area contributed by atoms with Crippen LogP contribution in [0, 0.1) is 17.2 Å². The SMILES string of the molecule is N#CCSCC(=O)N1CCCC(CO)C1. The van der Waals surface area contributed by atoms with Crippen LogP contribution in [0.25, 0.3) is 0 Å². The number of piperidine rings is 1. The zero-order valence-corrected chi connectivity index (χ0v) is 9.50. The summed E-state index contributed by atoms with van der Waals surface area (Å²) in [7, 11) is 0. The van der Waals surface area contributed by atoms with Crippen molar-refractivity contribution in [1.82, 2.24) is 4.90 Å². The Labute approximate surface area is 94.2 Å². The third-order valence-corrected chi connectivity index (χ3v) is 3.31. The minimum Gasteiger partial charge on any atom is -0.396 e. The molecule has 0 saturated carbocycles. The van der Waals surface area contributed by atoms with Crippen molar-refractivity contribution in [2.24, 2.45) is 5.92 Å². The number of aliphatic hydroxyl groups excluding tert-OH is 1. The molecule has 1 aliphatic heterocycles. The van der Waals surface area contributed by atoms with E-state index in [9.17, 15) is 4.79 Å². The molecule has 1 saturated heterocycles. The average molecular weight is 228 g/mol. The van der Waals surface area contributed by atoms with Crippen molar-refractivity contribution in [3.63, 3.8) is 0 Å². The van der Waals surface area contributed by atoms with Gasteiger partial charge in [-0.25, -0.2) is 0 Å². The van der Waals surface area contributed by atoms with Crippen molar-refractivity contribution in [2.45, 2.75) is 12.8 Å². The molecule has 1 unspecified atom stereocenters. The quantitative estimate of drug-likeness (QED) is 0.711. The van der Waals surface area contributed by atoms with Crippen LogP contribution in [-0.2, 0) is 4.79 Å². The summed E-state index contributed by atoms with van der Waals surface area (Å²) in [6.45, 7) is 1.63. The molecule has 15 heavy (non-hydrogen) atoms. The third-order valence-electron chi connectivity index (χ3n) is 2.52. The van der Waals surface area contributed by atoms with Crippen molar-refractivity contribution < 1.29 is 9.90 Å². The van der Waals surface area contributed by atoms with E-state index in [1.54, 1.807) is 4.90 Å². The molecule has 0 aromatic heterocycles. The predicted octanol–water partition coefficient (Wildman–Crippen LogP) is 0.474. The second-order valence-electron chi connectivity index (χ2n) is 3.68. The van der Waals surface area contributed by atoms with E-state index in [-0.39, 0.29) is 18.4 Å². The van der Waals surface area contributed by atoms with Gasteiger partial charge < -0.3 is 10.0 Å². The molecule has 1 amide bonds. The molecule has 0 aromatic rings. The van der Waals surface area contributed by atoms with Crippen LogP contribution in [0.2, 0.25) is 0 Å². The van der Waals surface area contributed by atoms with Gasteiger partial charge in [0, 0.05) is 19.7 Å². The van der Waals surface area contributed by atoms with Crippen LogP contribution in [0.15, 0.2) is 0 Å². The van der Waals surface area contributed by atoms with Crippen molar-refractivity contribution in [1.29, 1.82) is 5.26 Å². The molecule has 5 heteroatoms. The van der Waals surface area contributed by atoms with Crippen molar-refractivity contribution in [2.75, 3.05) is 31.2 Å². The fraction of sp³-hybridized carbons (Fsp3) is 0.800. The highest BCUT2D eigenvalue weighted by Gasteiger charge is 2.22. The van der Waals surface area contributed by atoms with Crippen LogP contribution in [0.3, 0.4) is 0 Å². The van der Waals surface area contributed by atoms with Crippen LogP contribution in [-0.4, -0.2) is 47.1 Å². The minimum absolute atomic E-state index is 0.0911. The largest absolute Gasteiger partial charge is 0.396 e. The van der Waals surface area contributed by atoms with Crippen molar-refractivity contribution >= 4 is 17.7 Å². The summed E-state index contributed by atoms with van der Waals surface area (Å²) < 4.78 is 0. The lowest BCUT2D eigenvalue weighted by molar-refractivity contribution is -0.130. The molecule has 1 rings (SSSR count). The lowest BCUT2D eigenvalue weighted by Crippen LogP contribution is -2.41. The summed E-state index contributed by atoms with van der Waals surface area (Å²) in [4.78, 5) is 13.4. The number of aliphatic hydroxyl groups is 1. The first kappa shape index (κ1) is 12.3. The zero-order valence-electron chi connectivity index (χ0n) is 8.69. The summed E-state index contributed by atoms with van der Waals surface area (Å²) in [5.74, 6) is 1.08. The maximum absolute atomic E-state index is 11.6. The number of carbonyl (C=O) groups is 1. The molecule has 1 atom stereocenters. The van der Waals surface area contributed by atoms with Gasteiger partial charge in [-0.05, 0) is 18.8 Å². The Morgan fingerprint density at radius 2 is 2.47 bits per heavy atom. The average Bonchev–Trinajstić information content (AvgIpc) is 2.29. The molecule has 84 valence electrons. The number of nitrogens with zero attached hydrogens (tertiary/aromatic N) is 2. The first-order valence-corrected chi connectivity index (χ1v) is 6.26. The molecule has 0 spiro atoms. The number of carbonyl (C=O) groups excluding carboxylic acids is 1. The Bertz CT molecular complexity index is 252. The topological polar surface area (TPSA) is 64.3 Å². The fourth-order valence-corrected chi connectivity index (χ4v) is 2.27. The van der Waals surface area contributed by atoms with Gasteiger partial charge in [-0.2, -0.15) is 5.26 Å². The highest BCUT2D eigenvalue weighted by Crippen LogP contribution is 2.16. The maximum Gasteiger partial charge on any atom is 0.232 e. The van der Waals surface area contributed by atoms with Gasteiger partial charge in [-0.15, -0.1) is 11.8 Å². The molecule has 0 radical (unpaired) electrons. The van der Waals surface area contributed by atoms with Crippen molar-refractivity contribution in [3.05, 3.63) is 0 Å². The number of hydrogen-bond acceptors (Lipinski definition) is 4. The Balaban J connectivity index is 2.29. The summed E-state index contributed by atoms with van der Waals surface area (Å²) >= 11 is 1.35. The molecule has 1 N–H and O–H groups in total. The highest BCUT2D eigenvalue weighted by molar-refractivity contribution is 8.00. The summed E-state index contributed by atoms with van der Waals surface area (Å²) in [6.07, 6.45) is 1.98. The normalized spacial score (nSPS) is 21.1. The molecule has 4 nitrogen and oxygen atoms in total. The number of rotatable bonds is 4. The van der Waals surface area contributed by atoms with Crippen LogP contribution in [0.5, 0.6) is 0 Å². The number of hydrogen-bond donors (Lipinski definition) is 1. The Morgan fingerprint density at radius 1 is 1.67 bits per heavy atom. The Morgan fingerprint density at radius 3 is 3.13 bits per heavy atom. The maximum atomic E-state index is 11.6. The molecule has 1 aliphatic rings. The van der Waals surface area contributed by atoms with E-state index in [1.807, 2.05) is 6.07 Å². The van der Waals surface area contributed by atoms with E-state index >= 15 is 0 Å². The molecule has 0 aliphatic carbocycles. The molecule has 1 heterocycles. The Kier molecular flexibility index (Phi) is 5.51. The van der Waals surface area contributed by atoms with Crippen LogP contribution in [0.1, 0.15) is 12.8 Å². The van der Waals surface area contributed by atoms with Gasteiger partial charge in [-0.1, -0.05) is 0 Å². The Hall–Kier alpha value is -0.730. The lowest BCUT2D eigenvalue weighted by Gasteiger charge is -2.31. The van der Waals surface area contributed by atoms with E-state index < -0.39 is 0 Å². The zero-order chi connectivity index (χ0) is 11.1. The van der Waals surface area contributed by atoms with E-state index in [4.69, 9.17) is 10.4 Å². The van der Waals surface area contributed by atoms with E-state index in [2.05, 4.69) is 0 Å². The predicted molar refractivity (Wildman–Crippen MR) is 59.3 cm³/mol. The first-order valence-electron chi connectivity index (χ1n) is 5.11. The second kappa shape index (κ2) is 6.70. The lowest BCUT2D eigenvalue weighted by atomic mass is 9.99. The monoisotopic (exact) mass is 228 g/mol. The number of likely N-dealkylation sites (tertiary alicyclic amines) is 1. The van der Waals surface area contributed by atoms with E-state index in [0.29, 0.717) is 18.1 Å². The van der Waals surface area contributed by atoms with Gasteiger partial charge >= 0.3 is 0 Å². The smallest absolute Gasteiger partial charge is 0.232 e. The minimum atomic E-state index is 0.0911. The van der Waals surface area contributed by atoms with Gasteiger partial charge in [0.05, 0.1) is 17.6 Å². The number of nitriles is 1. The standard InChI is InChI=1S/C10H16N2O2S/c11-3-5-15-8-10(14)12-4-1-2-9(6-12)7-13/h9,13H,1-2,4-8H2. The summed E-state index contributed by atoms with van der Waals surface area (Å²) in [6, 6.07) is 2.00. The highest BCUT2D eigenvalue weighted by atomic mass is 32.2. The molecule has 0 aromatic carbocycles. The summed E-state index contributed by atoms with van der Waals surface area (Å²) in [5, 5.41) is 17.4. The number of thioether (sulfide) groups is 1. The summed E-state index contributed by atoms with van der Waals surface area (Å²) in [5.41, 5.74) is 0. The van der Waals surface area contributed by atoms with Gasteiger partial charge in [0.25, 0.3) is 0 Å². The second-order valence-corrected chi connectivity index (χ2v) is 4.67. The van der Waals surface area contributed by atoms with Gasteiger partial charge in [-0.3, -0.25) is 4.79 Å². The van der Waals surface area contributed by atoms with Crippen LogP contribution >= 0.6 is 11.8 Å². The van der Waals surface area contributed by atoms with Gasteiger partial charge in [0.2, 0.25) is 5.91 Å². The van der Waals surface area contributed by atoms with Gasteiger partial charge in [0.15, 0.2) is 0 Å². The molecular weight excluding hydrogens is 212 g/mol. The number of amides is 1. The van der Waals surface area contributed by atoms with Crippen molar-refractivity contribution in [3.8, 4) is 6.07 Å². The van der Waals surface area contributed by atoms with Crippen LogP contribution in [0.4, 0.5) is 0 Å². The molecule has 1 fully saturated rings.